The van der Waals surface area contributed by atoms with Gasteiger partial charge >= 0.3 is 0 Å². The Morgan fingerprint density at radius 2 is 2.11 bits per heavy atom. The number of fused-ring (bicyclic) bond motifs is 1. The number of rotatable bonds is 2. The lowest BCUT2D eigenvalue weighted by Gasteiger charge is -2.37. The van der Waals surface area contributed by atoms with E-state index in [0.717, 1.165) is 16.7 Å². The lowest BCUT2D eigenvalue weighted by Crippen LogP contribution is -2.34. The van der Waals surface area contributed by atoms with E-state index >= 15 is 0 Å². The SMILES string of the molecule is CC1(C)CCCCC1C(=O)c1cccc2ccsc12. The normalized spacial score (nSPS) is 22.5. The third-order valence-corrected chi connectivity index (χ3v) is 5.53. The van der Waals surface area contributed by atoms with Crippen molar-refractivity contribution in [2.45, 2.75) is 39.5 Å². The molecule has 1 aromatic heterocycles. The Morgan fingerprint density at radius 3 is 2.89 bits per heavy atom. The van der Waals surface area contributed by atoms with E-state index in [1.165, 1.54) is 24.6 Å². The molecule has 3 rings (SSSR count). The monoisotopic (exact) mass is 272 g/mol. The van der Waals surface area contributed by atoms with Crippen LogP contribution in [0.3, 0.4) is 0 Å². The van der Waals surface area contributed by atoms with E-state index in [1.54, 1.807) is 11.3 Å². The smallest absolute Gasteiger partial charge is 0.167 e. The molecule has 1 saturated carbocycles. The van der Waals surface area contributed by atoms with Crippen LogP contribution in [0.5, 0.6) is 0 Å². The summed E-state index contributed by atoms with van der Waals surface area (Å²) in [4.78, 5) is 12.9. The van der Waals surface area contributed by atoms with Crippen LogP contribution in [0.4, 0.5) is 0 Å². The van der Waals surface area contributed by atoms with Crippen molar-refractivity contribution in [2.24, 2.45) is 11.3 Å². The third-order valence-electron chi connectivity index (χ3n) is 4.57. The zero-order valence-corrected chi connectivity index (χ0v) is 12.4. The molecule has 1 fully saturated rings. The van der Waals surface area contributed by atoms with Gasteiger partial charge in [-0.1, -0.05) is 38.8 Å². The zero-order valence-electron chi connectivity index (χ0n) is 11.6. The highest BCUT2D eigenvalue weighted by Gasteiger charge is 2.37. The first-order valence-corrected chi connectivity index (χ1v) is 7.98. The molecule has 2 heteroatoms. The molecule has 0 radical (unpaired) electrons. The first kappa shape index (κ1) is 12.9. The Labute approximate surface area is 118 Å². The molecule has 1 aliphatic carbocycles. The highest BCUT2D eigenvalue weighted by atomic mass is 32.1. The molecule has 2 aromatic rings. The average Bonchev–Trinajstić information content (AvgIpc) is 2.85. The second kappa shape index (κ2) is 4.75. The van der Waals surface area contributed by atoms with Crippen molar-refractivity contribution in [3.05, 3.63) is 35.2 Å². The van der Waals surface area contributed by atoms with E-state index in [-0.39, 0.29) is 11.3 Å². The van der Waals surface area contributed by atoms with E-state index < -0.39 is 0 Å². The molecule has 1 heterocycles. The van der Waals surface area contributed by atoms with Gasteiger partial charge in [-0.05, 0) is 41.2 Å². The number of carbonyl (C=O) groups is 1. The number of thiophene rings is 1. The summed E-state index contributed by atoms with van der Waals surface area (Å²) in [5.41, 5.74) is 1.09. The molecule has 19 heavy (non-hydrogen) atoms. The minimum Gasteiger partial charge on any atom is -0.294 e. The largest absolute Gasteiger partial charge is 0.294 e. The minimum absolute atomic E-state index is 0.148. The van der Waals surface area contributed by atoms with Gasteiger partial charge in [0.25, 0.3) is 0 Å². The van der Waals surface area contributed by atoms with Gasteiger partial charge in [0.15, 0.2) is 5.78 Å². The fraction of sp³-hybridized carbons (Fsp3) is 0.471. The first-order chi connectivity index (χ1) is 9.09. The van der Waals surface area contributed by atoms with Crippen LogP contribution in [0.2, 0.25) is 0 Å². The molecule has 1 atom stereocenters. The summed E-state index contributed by atoms with van der Waals surface area (Å²) >= 11 is 1.69. The van der Waals surface area contributed by atoms with Gasteiger partial charge in [-0.25, -0.2) is 0 Å². The van der Waals surface area contributed by atoms with Gasteiger partial charge in [-0.3, -0.25) is 4.79 Å². The summed E-state index contributed by atoms with van der Waals surface area (Å²) in [5.74, 6) is 0.548. The lowest BCUT2D eigenvalue weighted by atomic mass is 9.66. The van der Waals surface area contributed by atoms with Gasteiger partial charge < -0.3 is 0 Å². The standard InChI is InChI=1S/C17H20OS/c1-17(2)10-4-3-8-14(17)15(18)13-7-5-6-12-9-11-19-16(12)13/h5-7,9,11,14H,3-4,8,10H2,1-2H3. The van der Waals surface area contributed by atoms with Gasteiger partial charge in [-0.2, -0.15) is 0 Å². The molecule has 100 valence electrons. The van der Waals surface area contributed by atoms with E-state index in [0.29, 0.717) is 5.78 Å². The quantitative estimate of drug-likeness (QED) is 0.678. The molecule has 0 amide bonds. The molecule has 0 bridgehead atoms. The highest BCUT2D eigenvalue weighted by molar-refractivity contribution is 7.17. The number of ketones is 1. The van der Waals surface area contributed by atoms with Crippen molar-refractivity contribution in [3.63, 3.8) is 0 Å². The van der Waals surface area contributed by atoms with Crippen molar-refractivity contribution in [3.8, 4) is 0 Å². The van der Waals surface area contributed by atoms with Gasteiger partial charge in [0, 0.05) is 16.2 Å². The lowest BCUT2D eigenvalue weighted by molar-refractivity contribution is 0.0699. The van der Waals surface area contributed by atoms with Crippen LogP contribution in [0, 0.1) is 11.3 Å². The number of Topliss-reactive ketones (excluding diaryl/α,β-unsaturated/α-hetero) is 1. The number of hydrogen-bond acceptors (Lipinski definition) is 2. The predicted molar refractivity (Wildman–Crippen MR) is 81.9 cm³/mol. The highest BCUT2D eigenvalue weighted by Crippen LogP contribution is 2.43. The molecule has 1 nitrogen and oxygen atoms in total. The summed E-state index contributed by atoms with van der Waals surface area (Å²) in [5, 5.41) is 3.28. The molecular formula is C17H20OS. The van der Waals surface area contributed by atoms with Crippen molar-refractivity contribution in [1.82, 2.24) is 0 Å². The summed E-state index contributed by atoms with van der Waals surface area (Å²) in [7, 11) is 0. The van der Waals surface area contributed by atoms with Crippen molar-refractivity contribution >= 4 is 27.2 Å². The minimum atomic E-state index is 0.148. The maximum absolute atomic E-state index is 12.9. The average molecular weight is 272 g/mol. The van der Waals surface area contributed by atoms with E-state index in [4.69, 9.17) is 0 Å². The van der Waals surface area contributed by atoms with Crippen LogP contribution in [0.25, 0.3) is 10.1 Å². The van der Waals surface area contributed by atoms with Gasteiger partial charge in [0.05, 0.1) is 0 Å². The van der Waals surface area contributed by atoms with Crippen LogP contribution >= 0.6 is 11.3 Å². The van der Waals surface area contributed by atoms with Crippen molar-refractivity contribution in [1.29, 1.82) is 0 Å². The Bertz CT molecular complexity index is 609. The van der Waals surface area contributed by atoms with Crippen molar-refractivity contribution in [2.75, 3.05) is 0 Å². The molecule has 1 unspecified atom stereocenters. The number of hydrogen-bond donors (Lipinski definition) is 0. The fourth-order valence-electron chi connectivity index (χ4n) is 3.35. The Kier molecular flexibility index (Phi) is 3.22. The Hall–Kier alpha value is -1.15. The van der Waals surface area contributed by atoms with Crippen LogP contribution in [-0.4, -0.2) is 5.78 Å². The summed E-state index contributed by atoms with van der Waals surface area (Å²) in [6, 6.07) is 8.21. The molecule has 1 aromatic carbocycles. The topological polar surface area (TPSA) is 17.1 Å². The molecule has 0 saturated heterocycles. The third kappa shape index (κ3) is 2.23. The molecule has 0 aliphatic heterocycles. The Morgan fingerprint density at radius 1 is 1.26 bits per heavy atom. The van der Waals surface area contributed by atoms with Gasteiger partial charge in [-0.15, -0.1) is 11.3 Å². The molecule has 1 aliphatic rings. The van der Waals surface area contributed by atoms with Crippen LogP contribution < -0.4 is 0 Å². The summed E-state index contributed by atoms with van der Waals surface area (Å²) in [6.07, 6.45) is 4.68. The zero-order chi connectivity index (χ0) is 13.5. The second-order valence-electron chi connectivity index (χ2n) is 6.30. The first-order valence-electron chi connectivity index (χ1n) is 7.10. The molecular weight excluding hydrogens is 252 g/mol. The Balaban J connectivity index is 2.01. The maximum atomic E-state index is 12.9. The van der Waals surface area contributed by atoms with Crippen LogP contribution in [0.15, 0.2) is 29.6 Å². The molecule has 0 N–H and O–H groups in total. The van der Waals surface area contributed by atoms with E-state index in [1.807, 2.05) is 12.1 Å². The molecule has 0 spiro atoms. The van der Waals surface area contributed by atoms with Crippen LogP contribution in [0.1, 0.15) is 49.9 Å². The van der Waals surface area contributed by atoms with Gasteiger partial charge in [0.1, 0.15) is 0 Å². The summed E-state index contributed by atoms with van der Waals surface area (Å²) in [6.45, 7) is 4.51. The van der Waals surface area contributed by atoms with Crippen molar-refractivity contribution < 1.29 is 4.79 Å². The second-order valence-corrected chi connectivity index (χ2v) is 7.21. The summed E-state index contributed by atoms with van der Waals surface area (Å²) < 4.78 is 1.16. The maximum Gasteiger partial charge on any atom is 0.167 e. The van der Waals surface area contributed by atoms with Crippen LogP contribution in [-0.2, 0) is 0 Å². The van der Waals surface area contributed by atoms with E-state index in [2.05, 4.69) is 31.4 Å². The number of carbonyl (C=O) groups excluding carboxylic acids is 1. The number of benzene rings is 1. The van der Waals surface area contributed by atoms with E-state index in [9.17, 15) is 4.79 Å². The predicted octanol–water partition coefficient (Wildman–Crippen LogP) is 5.30. The fourth-order valence-corrected chi connectivity index (χ4v) is 4.27. The van der Waals surface area contributed by atoms with Gasteiger partial charge in [0.2, 0.25) is 0 Å².